The highest BCUT2D eigenvalue weighted by Gasteiger charge is 2.46. The molecule has 1 heterocycles. The molecule has 12 rings (SSSR count). The van der Waals surface area contributed by atoms with Gasteiger partial charge in [-0.15, -0.1) is 0 Å². The van der Waals surface area contributed by atoms with Crippen molar-refractivity contribution in [2.45, 2.75) is 17.4 Å². The van der Waals surface area contributed by atoms with Gasteiger partial charge in [-0.05, 0) is 80.0 Å². The molecule has 0 radical (unpaired) electrons. The summed E-state index contributed by atoms with van der Waals surface area (Å²) >= 11 is 0. The Kier molecular flexibility index (Phi) is 7.61. The van der Waals surface area contributed by atoms with Gasteiger partial charge in [-0.25, -0.2) is 0 Å². The van der Waals surface area contributed by atoms with Gasteiger partial charge < -0.3 is 9.64 Å². The zero-order valence-electron chi connectivity index (χ0n) is 32.4. The van der Waals surface area contributed by atoms with E-state index in [2.05, 4.69) is 229 Å². The fourth-order valence-electron chi connectivity index (χ4n) is 10.4. The number of para-hydroxylation sites is 1. The summed E-state index contributed by atoms with van der Waals surface area (Å²) in [4.78, 5) is 2.47. The summed E-state index contributed by atoms with van der Waals surface area (Å²) in [5, 5.41) is 4.75. The van der Waals surface area contributed by atoms with Crippen LogP contribution in [-0.4, -0.2) is 6.10 Å². The van der Waals surface area contributed by atoms with E-state index >= 15 is 0 Å². The van der Waals surface area contributed by atoms with Gasteiger partial charge in [-0.3, -0.25) is 0 Å². The van der Waals surface area contributed by atoms with Crippen LogP contribution in [0.2, 0.25) is 0 Å². The van der Waals surface area contributed by atoms with E-state index in [1.165, 1.54) is 60.9 Å². The first-order chi connectivity index (χ1) is 29.3. The Morgan fingerprint density at radius 1 is 0.458 bits per heavy atom. The Labute approximate surface area is 344 Å². The summed E-state index contributed by atoms with van der Waals surface area (Å²) in [5.74, 6) is 1.03. The van der Waals surface area contributed by atoms with Crippen LogP contribution in [0, 0.1) is 0 Å². The van der Waals surface area contributed by atoms with Crippen LogP contribution in [0.4, 0.5) is 17.1 Å². The van der Waals surface area contributed by atoms with Crippen molar-refractivity contribution >= 4 is 44.2 Å². The molecule has 2 aliphatic carbocycles. The van der Waals surface area contributed by atoms with Crippen LogP contribution in [0.5, 0.6) is 5.75 Å². The van der Waals surface area contributed by atoms with Gasteiger partial charge in [-0.1, -0.05) is 194 Å². The SMILES string of the molecule is C1=CC2c3cc(N(c4ccccc4)c4ccc5c(c4)C(c4ccccc4)(c4ccccc4)c4ccccc4-5)c4ccccc4c3OC2C(c2cccc3ccccc23)=C1. The lowest BCUT2D eigenvalue weighted by Crippen LogP contribution is -2.28. The van der Waals surface area contributed by atoms with E-state index < -0.39 is 5.41 Å². The van der Waals surface area contributed by atoms with Crippen LogP contribution in [0.25, 0.3) is 38.2 Å². The van der Waals surface area contributed by atoms with Crippen molar-refractivity contribution in [1.29, 1.82) is 0 Å². The first-order valence-corrected chi connectivity index (χ1v) is 20.6. The number of ether oxygens (including phenoxy) is 1. The molecule has 2 heteroatoms. The number of hydrogen-bond acceptors (Lipinski definition) is 2. The Morgan fingerprint density at radius 3 is 1.85 bits per heavy atom. The number of hydrogen-bond donors (Lipinski definition) is 0. The molecule has 3 aliphatic rings. The van der Waals surface area contributed by atoms with Crippen molar-refractivity contribution < 1.29 is 4.74 Å². The van der Waals surface area contributed by atoms with Crippen molar-refractivity contribution in [3.05, 3.63) is 258 Å². The van der Waals surface area contributed by atoms with Gasteiger partial charge in [0.2, 0.25) is 0 Å². The van der Waals surface area contributed by atoms with Gasteiger partial charge in [0, 0.05) is 39.2 Å². The molecule has 2 atom stereocenters. The number of fused-ring (bicyclic) bond motifs is 9. The molecule has 0 fully saturated rings. The predicted molar refractivity (Wildman–Crippen MR) is 244 cm³/mol. The lowest BCUT2D eigenvalue weighted by atomic mass is 9.67. The van der Waals surface area contributed by atoms with Gasteiger partial charge in [-0.2, -0.15) is 0 Å². The molecule has 1 aliphatic heterocycles. The smallest absolute Gasteiger partial charge is 0.135 e. The van der Waals surface area contributed by atoms with E-state index in [1.807, 2.05) is 0 Å². The second kappa shape index (κ2) is 13.3. The van der Waals surface area contributed by atoms with Crippen molar-refractivity contribution in [1.82, 2.24) is 0 Å². The second-order valence-corrected chi connectivity index (χ2v) is 15.9. The van der Waals surface area contributed by atoms with Gasteiger partial charge in [0.1, 0.15) is 11.9 Å². The quantitative estimate of drug-likeness (QED) is 0.168. The second-order valence-electron chi connectivity index (χ2n) is 15.9. The highest BCUT2D eigenvalue weighted by atomic mass is 16.5. The van der Waals surface area contributed by atoms with Crippen LogP contribution in [0.1, 0.15) is 39.3 Å². The molecular formula is C57H39NO. The molecule has 0 amide bonds. The molecule has 0 N–H and O–H groups in total. The summed E-state index contributed by atoms with van der Waals surface area (Å²) in [7, 11) is 0. The van der Waals surface area contributed by atoms with E-state index in [0.29, 0.717) is 0 Å². The molecule has 0 bridgehead atoms. The van der Waals surface area contributed by atoms with Crippen molar-refractivity contribution in [3.63, 3.8) is 0 Å². The highest BCUT2D eigenvalue weighted by molar-refractivity contribution is 6.05. The summed E-state index contributed by atoms with van der Waals surface area (Å²) in [6, 6.07) is 75.5. The third-order valence-electron chi connectivity index (χ3n) is 12.9. The predicted octanol–water partition coefficient (Wildman–Crippen LogP) is 14.3. The first-order valence-electron chi connectivity index (χ1n) is 20.6. The standard InChI is InChI=1S/C57H39NO/c1-4-20-39(21-5-1)57(40-22-6-2-7-23-40)52-33-15-14-27-45(52)46-35-34-42(36-53(46)57)58(41-24-8-3-9-25-41)54-37-51-50-32-17-31-48(44-30-16-19-38-18-10-11-26-43(38)44)55(50)59-56(51)49-29-13-12-28-47(49)54/h1-37,50,55H. The Morgan fingerprint density at radius 2 is 1.07 bits per heavy atom. The number of nitrogens with zero attached hydrogens (tertiary/aromatic N) is 1. The van der Waals surface area contributed by atoms with Crippen LogP contribution in [0.3, 0.4) is 0 Å². The molecule has 0 saturated heterocycles. The summed E-state index contributed by atoms with van der Waals surface area (Å²) in [6.07, 6.45) is 6.67. The van der Waals surface area contributed by atoms with E-state index in [4.69, 9.17) is 4.74 Å². The Balaban J connectivity index is 1.08. The highest BCUT2D eigenvalue weighted by Crippen LogP contribution is 2.58. The molecule has 9 aromatic rings. The third-order valence-corrected chi connectivity index (χ3v) is 12.9. The number of rotatable bonds is 6. The van der Waals surface area contributed by atoms with Gasteiger partial charge in [0.05, 0.1) is 11.1 Å². The van der Waals surface area contributed by atoms with Crippen LogP contribution in [0.15, 0.2) is 224 Å². The molecule has 278 valence electrons. The molecule has 9 aromatic carbocycles. The fourth-order valence-corrected chi connectivity index (χ4v) is 10.4. The first kappa shape index (κ1) is 33.7. The summed E-state index contributed by atoms with van der Waals surface area (Å²) in [6.45, 7) is 0. The number of anilines is 3. The maximum absolute atomic E-state index is 7.17. The third kappa shape index (κ3) is 5.00. The molecular weight excluding hydrogens is 715 g/mol. The van der Waals surface area contributed by atoms with E-state index in [-0.39, 0.29) is 12.0 Å². The molecule has 0 aromatic heterocycles. The maximum atomic E-state index is 7.17. The minimum atomic E-state index is -0.509. The van der Waals surface area contributed by atoms with Crippen molar-refractivity contribution in [2.24, 2.45) is 0 Å². The Hall–Kier alpha value is -7.42. The van der Waals surface area contributed by atoms with Crippen LogP contribution >= 0.6 is 0 Å². The molecule has 2 unspecified atom stereocenters. The summed E-state index contributed by atoms with van der Waals surface area (Å²) in [5.41, 5.74) is 14.1. The van der Waals surface area contributed by atoms with E-state index in [1.54, 1.807) is 0 Å². The lowest BCUT2D eigenvalue weighted by molar-refractivity contribution is 0.281. The minimum Gasteiger partial charge on any atom is -0.484 e. The normalized spacial score (nSPS) is 16.8. The average Bonchev–Trinajstić information content (AvgIpc) is 3.84. The number of allylic oxidation sites excluding steroid dienone is 2. The van der Waals surface area contributed by atoms with E-state index in [9.17, 15) is 0 Å². The lowest BCUT2D eigenvalue weighted by Gasteiger charge is -2.35. The zero-order chi connectivity index (χ0) is 38.9. The fraction of sp³-hybridized carbons (Fsp3) is 0.0526. The molecule has 59 heavy (non-hydrogen) atoms. The molecule has 0 saturated carbocycles. The minimum absolute atomic E-state index is 0.0586. The molecule has 0 spiro atoms. The van der Waals surface area contributed by atoms with Crippen LogP contribution in [-0.2, 0) is 5.41 Å². The van der Waals surface area contributed by atoms with Crippen molar-refractivity contribution in [2.75, 3.05) is 4.90 Å². The monoisotopic (exact) mass is 753 g/mol. The van der Waals surface area contributed by atoms with Crippen LogP contribution < -0.4 is 9.64 Å². The van der Waals surface area contributed by atoms with Gasteiger partial charge >= 0.3 is 0 Å². The largest absolute Gasteiger partial charge is 0.484 e. The topological polar surface area (TPSA) is 12.5 Å². The van der Waals surface area contributed by atoms with Crippen molar-refractivity contribution in [3.8, 4) is 16.9 Å². The zero-order valence-corrected chi connectivity index (χ0v) is 32.4. The van der Waals surface area contributed by atoms with Gasteiger partial charge in [0.25, 0.3) is 0 Å². The Bertz CT molecular complexity index is 3100. The maximum Gasteiger partial charge on any atom is 0.135 e. The average molecular weight is 754 g/mol. The number of benzene rings is 9. The van der Waals surface area contributed by atoms with E-state index in [0.717, 1.165) is 33.6 Å². The summed E-state index contributed by atoms with van der Waals surface area (Å²) < 4.78 is 7.17. The van der Waals surface area contributed by atoms with Gasteiger partial charge in [0.15, 0.2) is 0 Å². The molecule has 2 nitrogen and oxygen atoms in total.